The van der Waals surface area contributed by atoms with E-state index in [0.29, 0.717) is 5.56 Å². The van der Waals surface area contributed by atoms with E-state index in [9.17, 15) is 70.9 Å². The number of ether oxygens (including phenoxy) is 7. The van der Waals surface area contributed by atoms with Crippen LogP contribution in [0.2, 0.25) is 0 Å². The van der Waals surface area contributed by atoms with Crippen molar-refractivity contribution < 1.29 is 104 Å². The molecular formula is C42H46O22. The largest absolute Gasteiger partial charge is 0.508 e. The van der Waals surface area contributed by atoms with Crippen molar-refractivity contribution in [3.63, 3.8) is 0 Å². The molecule has 3 aliphatic heterocycles. The maximum atomic E-state index is 14.4. The molecule has 0 amide bonds. The zero-order chi connectivity index (χ0) is 46.1. The predicted octanol–water partition coefficient (Wildman–Crippen LogP) is -1.95. The standard InChI is InChI=1S/C42H46O22/c1-16-28(48)32(52)35(55)40(58-16)59-21-12-22(46)27-23(13-21)60-37(18-5-9-20(45)10-6-18)38(31(27)51)63-42-39(34(54)29(49)24(14-43)61-42)64-41-36(56)33(53)30(50)25(62-41)15-57-26(47)11-4-17-2-7-19(44)8-3-17/h2-13,16,24-25,28-30,32-36,39-46,48-50,52-56H,14-15H2,1H3/b11-4+/t16-,24-,25+,28-,29+,30+,32+,33-,34-,35-,36+,39+,40-,41-,42-/m0/s1. The van der Waals surface area contributed by atoms with E-state index in [4.69, 9.17) is 37.6 Å². The molecule has 22 heteroatoms. The van der Waals surface area contributed by atoms with Crippen LogP contribution < -0.4 is 14.9 Å². The fraction of sp³-hybridized carbons (Fsp3) is 0.429. The highest BCUT2D eigenvalue weighted by Gasteiger charge is 2.52. The second-order valence-corrected chi connectivity index (χ2v) is 15.2. The van der Waals surface area contributed by atoms with Crippen LogP contribution in [0.5, 0.6) is 28.7 Å². The van der Waals surface area contributed by atoms with Crippen molar-refractivity contribution in [3.8, 4) is 40.1 Å². The van der Waals surface area contributed by atoms with Crippen LogP contribution in [-0.2, 0) is 28.5 Å². The summed E-state index contributed by atoms with van der Waals surface area (Å²) < 4.78 is 45.7. The summed E-state index contributed by atoms with van der Waals surface area (Å²) in [7, 11) is 0. The van der Waals surface area contributed by atoms with Crippen LogP contribution >= 0.6 is 0 Å². The van der Waals surface area contributed by atoms with Gasteiger partial charge in [-0.05, 0) is 55.0 Å². The van der Waals surface area contributed by atoms with E-state index in [-0.39, 0.29) is 28.4 Å². The van der Waals surface area contributed by atoms with Crippen molar-refractivity contribution in [3.05, 3.63) is 82.5 Å². The Morgan fingerprint density at radius 2 is 1.30 bits per heavy atom. The van der Waals surface area contributed by atoms with Gasteiger partial charge in [0.05, 0.1) is 12.7 Å². The van der Waals surface area contributed by atoms with E-state index in [1.54, 1.807) is 0 Å². The van der Waals surface area contributed by atoms with Crippen LogP contribution in [0, 0.1) is 0 Å². The van der Waals surface area contributed by atoms with E-state index >= 15 is 0 Å². The average molecular weight is 903 g/mol. The van der Waals surface area contributed by atoms with Gasteiger partial charge in [-0.1, -0.05) is 12.1 Å². The summed E-state index contributed by atoms with van der Waals surface area (Å²) in [6.07, 6.45) is -24.0. The van der Waals surface area contributed by atoms with E-state index in [2.05, 4.69) is 0 Å². The molecule has 1 aromatic heterocycles. The zero-order valence-corrected chi connectivity index (χ0v) is 33.5. The van der Waals surface area contributed by atoms with Gasteiger partial charge in [0, 0.05) is 23.8 Å². The number of benzene rings is 3. The Bertz CT molecular complexity index is 2340. The number of hydrogen-bond donors (Lipinski definition) is 12. The number of esters is 1. The van der Waals surface area contributed by atoms with Crippen LogP contribution in [0.15, 0.2) is 76.0 Å². The topological polar surface area (TPSA) is 355 Å². The molecule has 64 heavy (non-hydrogen) atoms. The summed E-state index contributed by atoms with van der Waals surface area (Å²) in [4.78, 5) is 26.9. The molecule has 0 spiro atoms. The molecule has 0 saturated carbocycles. The normalized spacial score (nSPS) is 33.2. The third-order valence-electron chi connectivity index (χ3n) is 10.8. The number of carbonyl (C=O) groups is 1. The van der Waals surface area contributed by atoms with E-state index in [1.807, 2.05) is 0 Å². The number of phenolic OH excluding ortho intramolecular Hbond substituents is 3. The van der Waals surface area contributed by atoms with Crippen LogP contribution in [0.3, 0.4) is 0 Å². The molecule has 3 fully saturated rings. The van der Waals surface area contributed by atoms with Crippen molar-refractivity contribution in [2.75, 3.05) is 13.2 Å². The van der Waals surface area contributed by atoms with Crippen molar-refractivity contribution >= 4 is 23.0 Å². The Hall–Kier alpha value is -5.44. The first-order valence-corrected chi connectivity index (χ1v) is 19.7. The molecular weight excluding hydrogens is 856 g/mol. The number of carbonyl (C=O) groups excluding carboxylic acids is 1. The molecule has 346 valence electrons. The van der Waals surface area contributed by atoms with Gasteiger partial charge in [0.1, 0.15) is 102 Å². The Morgan fingerprint density at radius 1 is 0.688 bits per heavy atom. The minimum Gasteiger partial charge on any atom is -0.508 e. The maximum absolute atomic E-state index is 14.4. The van der Waals surface area contributed by atoms with Gasteiger partial charge in [-0.3, -0.25) is 4.79 Å². The molecule has 0 radical (unpaired) electrons. The first-order valence-electron chi connectivity index (χ1n) is 19.7. The second kappa shape index (κ2) is 19.3. The Balaban J connectivity index is 1.18. The van der Waals surface area contributed by atoms with Crippen LogP contribution in [0.4, 0.5) is 0 Å². The number of rotatable bonds is 12. The van der Waals surface area contributed by atoms with Crippen LogP contribution in [0.25, 0.3) is 28.4 Å². The predicted molar refractivity (Wildman–Crippen MR) is 212 cm³/mol. The van der Waals surface area contributed by atoms with Gasteiger partial charge in [-0.2, -0.15) is 0 Å². The van der Waals surface area contributed by atoms with E-state index in [0.717, 1.165) is 18.2 Å². The number of phenols is 3. The SMILES string of the molecule is C[C@@H]1O[C@@H](Oc2cc(O)c3c(=O)c(O[C@@H]4O[C@@H](CO)[C@@H](O)[C@H](O)[C@H]4O[C@@H]4O[C@H](COC(=O)/C=C/c5ccc(O)cc5)[C@@H](O)[C@H](O)[C@H]4O)c(-c4ccc(O)cc4)oc3c2)[C@@H](O)[C@H](O)[C@H]1O. The lowest BCUT2D eigenvalue weighted by molar-refractivity contribution is -0.358. The van der Waals surface area contributed by atoms with Crippen LogP contribution in [-0.4, -0.2) is 173 Å². The number of hydrogen-bond acceptors (Lipinski definition) is 22. The van der Waals surface area contributed by atoms with Crippen LogP contribution in [0.1, 0.15) is 12.5 Å². The van der Waals surface area contributed by atoms with Gasteiger partial charge in [0.25, 0.3) is 0 Å². The second-order valence-electron chi connectivity index (χ2n) is 15.2. The third kappa shape index (κ3) is 9.64. The fourth-order valence-corrected chi connectivity index (χ4v) is 7.18. The first kappa shape index (κ1) is 46.5. The highest BCUT2D eigenvalue weighted by molar-refractivity contribution is 5.88. The molecule has 4 heterocycles. The minimum absolute atomic E-state index is 0.00357. The molecule has 22 nitrogen and oxygen atoms in total. The molecule has 3 aliphatic rings. The van der Waals surface area contributed by atoms with Gasteiger partial charge in [-0.15, -0.1) is 0 Å². The molecule has 0 aliphatic carbocycles. The minimum atomic E-state index is -2.07. The highest BCUT2D eigenvalue weighted by Crippen LogP contribution is 2.39. The summed E-state index contributed by atoms with van der Waals surface area (Å²) in [5, 5.41) is 126. The summed E-state index contributed by atoms with van der Waals surface area (Å²) in [6.45, 7) is -0.198. The van der Waals surface area contributed by atoms with Crippen molar-refractivity contribution in [1.82, 2.24) is 0 Å². The number of fused-ring (bicyclic) bond motifs is 1. The lowest BCUT2D eigenvalue weighted by atomic mass is 9.97. The molecule has 0 bridgehead atoms. The van der Waals surface area contributed by atoms with E-state index in [1.165, 1.54) is 61.5 Å². The zero-order valence-electron chi connectivity index (χ0n) is 33.5. The Labute approximate surface area is 361 Å². The molecule has 3 aromatic carbocycles. The van der Waals surface area contributed by atoms with Gasteiger partial charge in [-0.25, -0.2) is 4.79 Å². The van der Waals surface area contributed by atoms with Crippen molar-refractivity contribution in [2.24, 2.45) is 0 Å². The maximum Gasteiger partial charge on any atom is 0.330 e. The molecule has 4 aromatic rings. The summed E-state index contributed by atoms with van der Waals surface area (Å²) in [6, 6.07) is 13.0. The first-order chi connectivity index (χ1) is 30.4. The third-order valence-corrected chi connectivity index (χ3v) is 10.8. The molecule has 12 N–H and O–H groups in total. The number of aliphatic hydroxyl groups is 9. The van der Waals surface area contributed by atoms with Gasteiger partial charge < -0.3 is 98.9 Å². The number of aromatic hydroxyl groups is 3. The highest BCUT2D eigenvalue weighted by atomic mass is 16.8. The smallest absolute Gasteiger partial charge is 0.330 e. The van der Waals surface area contributed by atoms with Gasteiger partial charge in [0.15, 0.2) is 18.2 Å². The monoisotopic (exact) mass is 902 g/mol. The molecule has 0 unspecified atom stereocenters. The lowest BCUT2D eigenvalue weighted by Crippen LogP contribution is -2.65. The Morgan fingerprint density at radius 3 is 1.97 bits per heavy atom. The van der Waals surface area contributed by atoms with Crippen molar-refractivity contribution in [2.45, 2.75) is 99.0 Å². The Kier molecular flexibility index (Phi) is 14.1. The van der Waals surface area contributed by atoms with Crippen molar-refractivity contribution in [1.29, 1.82) is 0 Å². The molecule has 15 atom stereocenters. The summed E-state index contributed by atoms with van der Waals surface area (Å²) >= 11 is 0. The quantitative estimate of drug-likeness (QED) is 0.0543. The lowest BCUT2D eigenvalue weighted by Gasteiger charge is -2.45. The summed E-state index contributed by atoms with van der Waals surface area (Å²) in [5.41, 5.74) is -0.832. The average Bonchev–Trinajstić information content (AvgIpc) is 3.27. The number of aliphatic hydroxyl groups excluding tert-OH is 9. The van der Waals surface area contributed by atoms with Gasteiger partial charge >= 0.3 is 5.97 Å². The van der Waals surface area contributed by atoms with Gasteiger partial charge in [0.2, 0.25) is 23.8 Å². The summed E-state index contributed by atoms with van der Waals surface area (Å²) in [5.74, 6) is -3.23. The fourth-order valence-electron chi connectivity index (χ4n) is 7.18. The molecule has 3 saturated heterocycles. The molecule has 7 rings (SSSR count). The van der Waals surface area contributed by atoms with E-state index < -0.39 is 139 Å².